The third kappa shape index (κ3) is 6.34. The molecule has 3 rings (SSSR count). The Balaban J connectivity index is 1.52. The molecule has 3 aromatic rings. The predicted molar refractivity (Wildman–Crippen MR) is 110 cm³/mol. The highest BCUT2D eigenvalue weighted by Crippen LogP contribution is 2.23. The molecule has 0 saturated carbocycles. The van der Waals surface area contributed by atoms with Gasteiger partial charge in [-0.05, 0) is 43.2 Å². The topological polar surface area (TPSA) is 73.6 Å². The summed E-state index contributed by atoms with van der Waals surface area (Å²) in [5, 5.41) is 3.18. The van der Waals surface area contributed by atoms with Gasteiger partial charge in [-0.2, -0.15) is 0 Å². The number of nitrogens with zero attached hydrogens (tertiary/aromatic N) is 1. The molecular weight excluding hydrogens is 392 g/mol. The van der Waals surface area contributed by atoms with Crippen molar-refractivity contribution in [2.75, 3.05) is 0 Å². The molecule has 2 heterocycles. The van der Waals surface area contributed by atoms with Crippen molar-refractivity contribution < 1.29 is 18.7 Å². The smallest absolute Gasteiger partial charge is 0.253 e. The van der Waals surface area contributed by atoms with Crippen LogP contribution in [-0.4, -0.2) is 17.0 Å². The molecule has 1 amide bonds. The third-order valence-electron chi connectivity index (χ3n) is 3.95. The number of furan rings is 1. The summed E-state index contributed by atoms with van der Waals surface area (Å²) in [5.74, 6) is 0.848. The SMILES string of the molecule is CC(C)Oc1ncc(C(=O)NCc2cccc(COCc3ccco3)c2)cc1Cl. The van der Waals surface area contributed by atoms with Crippen LogP contribution in [0.5, 0.6) is 5.88 Å². The van der Waals surface area contributed by atoms with Crippen LogP contribution in [-0.2, 0) is 24.5 Å². The fourth-order valence-corrected chi connectivity index (χ4v) is 2.85. The van der Waals surface area contributed by atoms with Crippen molar-refractivity contribution in [2.24, 2.45) is 0 Å². The molecule has 0 fully saturated rings. The molecule has 0 unspecified atom stereocenters. The highest BCUT2D eigenvalue weighted by atomic mass is 35.5. The van der Waals surface area contributed by atoms with E-state index >= 15 is 0 Å². The van der Waals surface area contributed by atoms with Gasteiger partial charge in [0.1, 0.15) is 17.4 Å². The van der Waals surface area contributed by atoms with Crippen LogP contribution in [0.3, 0.4) is 0 Å². The molecule has 2 aromatic heterocycles. The van der Waals surface area contributed by atoms with E-state index in [1.807, 2.05) is 50.2 Å². The molecule has 6 nitrogen and oxygen atoms in total. The fourth-order valence-electron chi connectivity index (χ4n) is 2.64. The quantitative estimate of drug-likeness (QED) is 0.546. The van der Waals surface area contributed by atoms with Crippen molar-refractivity contribution >= 4 is 17.5 Å². The molecule has 7 heteroatoms. The standard InChI is InChI=1S/C22H23ClN2O4/c1-15(2)29-22-20(23)10-18(12-25-22)21(26)24-11-16-5-3-6-17(9-16)13-27-14-19-7-4-8-28-19/h3-10,12,15H,11,13-14H2,1-2H3,(H,24,26). The van der Waals surface area contributed by atoms with Gasteiger partial charge in [0.15, 0.2) is 0 Å². The van der Waals surface area contributed by atoms with Gasteiger partial charge in [0.2, 0.25) is 5.88 Å². The first kappa shape index (κ1) is 20.9. The largest absolute Gasteiger partial charge is 0.474 e. The molecule has 0 bridgehead atoms. The van der Waals surface area contributed by atoms with Crippen LogP contribution in [0, 0.1) is 0 Å². The molecule has 0 atom stereocenters. The van der Waals surface area contributed by atoms with Crippen LogP contribution in [0.1, 0.15) is 41.1 Å². The number of halogens is 1. The second-order valence-electron chi connectivity index (χ2n) is 6.75. The number of aromatic nitrogens is 1. The third-order valence-corrected chi connectivity index (χ3v) is 4.23. The van der Waals surface area contributed by atoms with Gasteiger partial charge in [-0.1, -0.05) is 35.9 Å². The molecular formula is C22H23ClN2O4. The Hall–Kier alpha value is -2.83. The first-order valence-electron chi connectivity index (χ1n) is 9.29. The van der Waals surface area contributed by atoms with Crippen molar-refractivity contribution in [1.29, 1.82) is 0 Å². The summed E-state index contributed by atoms with van der Waals surface area (Å²) in [5.41, 5.74) is 2.36. The zero-order chi connectivity index (χ0) is 20.6. The van der Waals surface area contributed by atoms with E-state index in [0.29, 0.717) is 36.2 Å². The number of nitrogens with one attached hydrogen (secondary N) is 1. The number of rotatable bonds is 9. The average Bonchev–Trinajstić information content (AvgIpc) is 3.21. The second-order valence-corrected chi connectivity index (χ2v) is 7.16. The van der Waals surface area contributed by atoms with E-state index in [2.05, 4.69) is 10.3 Å². The van der Waals surface area contributed by atoms with Crippen LogP contribution in [0.15, 0.2) is 59.3 Å². The lowest BCUT2D eigenvalue weighted by atomic mass is 10.1. The van der Waals surface area contributed by atoms with E-state index in [9.17, 15) is 4.79 Å². The summed E-state index contributed by atoms with van der Waals surface area (Å²) < 4.78 is 16.4. The number of pyridine rings is 1. The molecule has 152 valence electrons. The minimum atomic E-state index is -0.255. The van der Waals surface area contributed by atoms with E-state index in [4.69, 9.17) is 25.5 Å². The number of carbonyl (C=O) groups excluding carboxylic acids is 1. The van der Waals surface area contributed by atoms with E-state index < -0.39 is 0 Å². The first-order chi connectivity index (χ1) is 14.0. The Morgan fingerprint density at radius 2 is 2.00 bits per heavy atom. The van der Waals surface area contributed by atoms with E-state index in [1.54, 1.807) is 12.3 Å². The Morgan fingerprint density at radius 1 is 1.17 bits per heavy atom. The molecule has 0 aliphatic heterocycles. The fraction of sp³-hybridized carbons (Fsp3) is 0.273. The van der Waals surface area contributed by atoms with Gasteiger partial charge in [0.05, 0.1) is 24.5 Å². The Kier molecular flexibility index (Phi) is 7.27. The van der Waals surface area contributed by atoms with Gasteiger partial charge in [-0.15, -0.1) is 0 Å². The molecule has 0 aliphatic carbocycles. The van der Waals surface area contributed by atoms with Crippen LogP contribution in [0.2, 0.25) is 5.02 Å². The highest BCUT2D eigenvalue weighted by Gasteiger charge is 2.12. The van der Waals surface area contributed by atoms with E-state index in [-0.39, 0.29) is 12.0 Å². The van der Waals surface area contributed by atoms with Crippen LogP contribution in [0.4, 0.5) is 0 Å². The van der Waals surface area contributed by atoms with Crippen molar-refractivity contribution in [3.05, 3.63) is 82.4 Å². The van der Waals surface area contributed by atoms with Gasteiger partial charge in [0, 0.05) is 12.7 Å². The normalized spacial score (nSPS) is 10.9. The molecule has 1 N–H and O–H groups in total. The minimum absolute atomic E-state index is 0.0463. The Labute approximate surface area is 174 Å². The first-order valence-corrected chi connectivity index (χ1v) is 9.67. The summed E-state index contributed by atoms with van der Waals surface area (Å²) >= 11 is 6.15. The molecule has 0 radical (unpaired) electrons. The van der Waals surface area contributed by atoms with E-state index in [1.165, 1.54) is 6.20 Å². The lowest BCUT2D eigenvalue weighted by Gasteiger charge is -2.11. The summed E-state index contributed by atoms with van der Waals surface area (Å²) in [4.78, 5) is 16.5. The van der Waals surface area contributed by atoms with Crippen LogP contribution >= 0.6 is 11.6 Å². The van der Waals surface area contributed by atoms with Crippen molar-refractivity contribution in [3.8, 4) is 5.88 Å². The lowest BCUT2D eigenvalue weighted by molar-refractivity contribution is 0.0928. The van der Waals surface area contributed by atoms with Crippen molar-refractivity contribution in [1.82, 2.24) is 10.3 Å². The number of hydrogen-bond donors (Lipinski definition) is 1. The zero-order valence-electron chi connectivity index (χ0n) is 16.4. The van der Waals surface area contributed by atoms with Gasteiger partial charge in [-0.3, -0.25) is 4.79 Å². The number of carbonyl (C=O) groups is 1. The molecule has 0 aliphatic rings. The number of hydrogen-bond acceptors (Lipinski definition) is 5. The van der Waals surface area contributed by atoms with E-state index in [0.717, 1.165) is 16.9 Å². The zero-order valence-corrected chi connectivity index (χ0v) is 17.1. The van der Waals surface area contributed by atoms with Crippen LogP contribution < -0.4 is 10.1 Å². The maximum Gasteiger partial charge on any atom is 0.253 e. The Bertz CT molecular complexity index is 942. The molecule has 0 saturated heterocycles. The molecule has 29 heavy (non-hydrogen) atoms. The van der Waals surface area contributed by atoms with Crippen molar-refractivity contribution in [2.45, 2.75) is 39.7 Å². The maximum absolute atomic E-state index is 12.4. The van der Waals surface area contributed by atoms with Gasteiger partial charge >= 0.3 is 0 Å². The summed E-state index contributed by atoms with van der Waals surface area (Å²) in [7, 11) is 0. The lowest BCUT2D eigenvalue weighted by Crippen LogP contribution is -2.23. The minimum Gasteiger partial charge on any atom is -0.474 e. The highest BCUT2D eigenvalue weighted by molar-refractivity contribution is 6.32. The Morgan fingerprint density at radius 3 is 2.72 bits per heavy atom. The summed E-state index contributed by atoms with van der Waals surface area (Å²) in [6.07, 6.45) is 3.03. The molecule has 1 aromatic carbocycles. The van der Waals surface area contributed by atoms with Gasteiger partial charge < -0.3 is 19.2 Å². The number of amides is 1. The monoisotopic (exact) mass is 414 g/mol. The number of ether oxygens (including phenoxy) is 2. The average molecular weight is 415 g/mol. The van der Waals surface area contributed by atoms with Gasteiger partial charge in [0.25, 0.3) is 5.91 Å². The summed E-state index contributed by atoms with van der Waals surface area (Å²) in [6.45, 7) is 5.02. The van der Waals surface area contributed by atoms with Gasteiger partial charge in [-0.25, -0.2) is 4.98 Å². The predicted octanol–water partition coefficient (Wildman–Crippen LogP) is 4.76. The van der Waals surface area contributed by atoms with Crippen LogP contribution in [0.25, 0.3) is 0 Å². The molecule has 0 spiro atoms. The van der Waals surface area contributed by atoms with Crippen molar-refractivity contribution in [3.63, 3.8) is 0 Å². The number of benzene rings is 1. The summed E-state index contributed by atoms with van der Waals surface area (Å²) in [6, 6.07) is 13.1. The second kappa shape index (κ2) is 10.1. The maximum atomic E-state index is 12.4.